The number of aliphatic hydroxyl groups excluding tert-OH is 1. The first-order valence-electron chi connectivity index (χ1n) is 6.04. The van der Waals surface area contributed by atoms with Gasteiger partial charge < -0.3 is 9.84 Å². The number of pyridine rings is 1. The number of benzene rings is 1. The summed E-state index contributed by atoms with van der Waals surface area (Å²) in [7, 11) is 1.61. The zero-order valence-corrected chi connectivity index (χ0v) is 11.7. The van der Waals surface area contributed by atoms with Crippen LogP contribution >= 0.6 is 11.6 Å². The molecule has 2 rings (SSSR count). The van der Waals surface area contributed by atoms with E-state index >= 15 is 0 Å². The van der Waals surface area contributed by atoms with E-state index in [4.69, 9.17) is 16.3 Å². The number of rotatable bonds is 4. The topological polar surface area (TPSA) is 42.4 Å². The second-order valence-electron chi connectivity index (χ2n) is 4.35. The van der Waals surface area contributed by atoms with Gasteiger partial charge in [-0.2, -0.15) is 0 Å². The molecule has 3 nitrogen and oxygen atoms in total. The van der Waals surface area contributed by atoms with Crippen molar-refractivity contribution in [1.82, 2.24) is 4.98 Å². The highest BCUT2D eigenvalue weighted by atomic mass is 35.5. The summed E-state index contributed by atoms with van der Waals surface area (Å²) in [5, 5.41) is 11.0. The summed E-state index contributed by atoms with van der Waals surface area (Å²) in [5.74, 6) is 0.727. The third-order valence-electron chi connectivity index (χ3n) is 3.06. The van der Waals surface area contributed by atoms with Gasteiger partial charge in [-0.25, -0.2) is 0 Å². The first kappa shape index (κ1) is 13.8. The molecule has 1 heterocycles. The Labute approximate surface area is 117 Å². The summed E-state index contributed by atoms with van der Waals surface area (Å²) in [5.41, 5.74) is 2.53. The molecule has 0 aliphatic rings. The molecule has 0 radical (unpaired) electrons. The number of hydrogen-bond acceptors (Lipinski definition) is 3. The van der Waals surface area contributed by atoms with Gasteiger partial charge in [0.15, 0.2) is 0 Å². The number of aryl methyl sites for hydroxylation is 1. The minimum absolute atomic E-state index is 0.441. The molecule has 0 saturated heterocycles. The van der Waals surface area contributed by atoms with E-state index in [1.807, 2.05) is 25.1 Å². The van der Waals surface area contributed by atoms with Gasteiger partial charge in [-0.3, -0.25) is 4.98 Å². The lowest BCUT2D eigenvalue weighted by Crippen LogP contribution is -2.06. The Kier molecular flexibility index (Phi) is 4.40. The normalized spacial score (nSPS) is 12.2. The first-order valence-corrected chi connectivity index (χ1v) is 6.41. The monoisotopic (exact) mass is 277 g/mol. The van der Waals surface area contributed by atoms with Crippen molar-refractivity contribution in [2.75, 3.05) is 7.11 Å². The molecule has 1 aromatic heterocycles. The number of aromatic nitrogens is 1. The van der Waals surface area contributed by atoms with E-state index in [1.54, 1.807) is 25.4 Å². The van der Waals surface area contributed by atoms with Crippen LogP contribution in [0.2, 0.25) is 5.02 Å². The molecule has 1 aromatic carbocycles. The number of ether oxygens (including phenoxy) is 1. The molecule has 0 bridgehead atoms. The highest BCUT2D eigenvalue weighted by Gasteiger charge is 2.14. The third-order valence-corrected chi connectivity index (χ3v) is 3.30. The maximum absolute atomic E-state index is 10.3. The minimum Gasteiger partial charge on any atom is -0.496 e. The van der Waals surface area contributed by atoms with Crippen LogP contribution in [0, 0.1) is 6.92 Å². The van der Waals surface area contributed by atoms with Crippen molar-refractivity contribution in [3.8, 4) is 5.75 Å². The SMILES string of the molecule is COc1ccc(Cl)cc1CC(O)c1cccnc1C. The Morgan fingerprint density at radius 3 is 2.84 bits per heavy atom. The Morgan fingerprint density at radius 1 is 1.37 bits per heavy atom. The molecule has 0 spiro atoms. The van der Waals surface area contributed by atoms with Crippen molar-refractivity contribution in [1.29, 1.82) is 0 Å². The summed E-state index contributed by atoms with van der Waals surface area (Å²) in [6, 6.07) is 9.09. The second-order valence-corrected chi connectivity index (χ2v) is 4.79. The van der Waals surface area contributed by atoms with Crippen LogP contribution < -0.4 is 4.74 Å². The molecule has 4 heteroatoms. The van der Waals surface area contributed by atoms with E-state index in [-0.39, 0.29) is 0 Å². The average Bonchev–Trinajstić information content (AvgIpc) is 2.39. The van der Waals surface area contributed by atoms with E-state index in [9.17, 15) is 5.11 Å². The van der Waals surface area contributed by atoms with Gasteiger partial charge in [0.05, 0.1) is 13.2 Å². The van der Waals surface area contributed by atoms with E-state index in [1.165, 1.54) is 0 Å². The molecule has 1 atom stereocenters. The number of methoxy groups -OCH3 is 1. The second kappa shape index (κ2) is 6.04. The maximum Gasteiger partial charge on any atom is 0.122 e. The first-order chi connectivity index (χ1) is 9.11. The summed E-state index contributed by atoms with van der Waals surface area (Å²) in [6.45, 7) is 1.88. The highest BCUT2D eigenvalue weighted by molar-refractivity contribution is 6.30. The molecule has 0 saturated carbocycles. The average molecular weight is 278 g/mol. The van der Waals surface area contributed by atoms with Crippen molar-refractivity contribution in [3.05, 3.63) is 58.4 Å². The Hall–Kier alpha value is -1.58. The van der Waals surface area contributed by atoms with Crippen LogP contribution in [0.25, 0.3) is 0 Å². The van der Waals surface area contributed by atoms with Gasteiger partial charge in [0, 0.05) is 28.9 Å². The van der Waals surface area contributed by atoms with Gasteiger partial charge in [-0.15, -0.1) is 0 Å². The largest absolute Gasteiger partial charge is 0.496 e. The van der Waals surface area contributed by atoms with Gasteiger partial charge in [-0.1, -0.05) is 17.7 Å². The smallest absolute Gasteiger partial charge is 0.122 e. The minimum atomic E-state index is -0.624. The molecule has 100 valence electrons. The lowest BCUT2D eigenvalue weighted by Gasteiger charge is -2.15. The quantitative estimate of drug-likeness (QED) is 0.932. The lowest BCUT2D eigenvalue weighted by molar-refractivity contribution is 0.176. The van der Waals surface area contributed by atoms with E-state index in [0.717, 1.165) is 22.6 Å². The summed E-state index contributed by atoms with van der Waals surface area (Å²) in [4.78, 5) is 4.18. The molecule has 0 amide bonds. The summed E-state index contributed by atoms with van der Waals surface area (Å²) in [6.07, 6.45) is 1.53. The van der Waals surface area contributed by atoms with Gasteiger partial charge in [-0.05, 0) is 36.8 Å². The van der Waals surface area contributed by atoms with Crippen molar-refractivity contribution in [2.24, 2.45) is 0 Å². The van der Waals surface area contributed by atoms with Crippen molar-refractivity contribution < 1.29 is 9.84 Å². The van der Waals surface area contributed by atoms with Crippen molar-refractivity contribution in [3.63, 3.8) is 0 Å². The van der Waals surface area contributed by atoms with Crippen LogP contribution in [0.5, 0.6) is 5.75 Å². The van der Waals surface area contributed by atoms with Gasteiger partial charge >= 0.3 is 0 Å². The zero-order chi connectivity index (χ0) is 13.8. The van der Waals surface area contributed by atoms with Crippen LogP contribution in [0.15, 0.2) is 36.5 Å². The van der Waals surface area contributed by atoms with E-state index < -0.39 is 6.10 Å². The molecule has 2 aromatic rings. The van der Waals surface area contributed by atoms with Gasteiger partial charge in [0.2, 0.25) is 0 Å². The number of nitrogens with zero attached hydrogens (tertiary/aromatic N) is 1. The third kappa shape index (κ3) is 3.25. The predicted octanol–water partition coefficient (Wildman–Crippen LogP) is 3.33. The molecule has 0 aliphatic heterocycles. The lowest BCUT2D eigenvalue weighted by atomic mass is 10.00. The van der Waals surface area contributed by atoms with Crippen molar-refractivity contribution in [2.45, 2.75) is 19.4 Å². The van der Waals surface area contributed by atoms with E-state index in [0.29, 0.717) is 11.4 Å². The van der Waals surface area contributed by atoms with Gasteiger partial charge in [0.25, 0.3) is 0 Å². The molecule has 19 heavy (non-hydrogen) atoms. The highest BCUT2D eigenvalue weighted by Crippen LogP contribution is 2.28. The fourth-order valence-electron chi connectivity index (χ4n) is 2.07. The maximum atomic E-state index is 10.3. The van der Waals surface area contributed by atoms with E-state index in [2.05, 4.69) is 4.98 Å². The molecule has 1 N–H and O–H groups in total. The standard InChI is InChI=1S/C15H16ClNO2/c1-10-13(4-3-7-17-10)14(18)9-11-8-12(16)5-6-15(11)19-2/h3-8,14,18H,9H2,1-2H3. The number of hydrogen-bond donors (Lipinski definition) is 1. The van der Waals surface area contributed by atoms with Crippen LogP contribution in [-0.4, -0.2) is 17.2 Å². The fourth-order valence-corrected chi connectivity index (χ4v) is 2.27. The van der Waals surface area contributed by atoms with Crippen LogP contribution in [0.4, 0.5) is 0 Å². The molecule has 1 unspecified atom stereocenters. The van der Waals surface area contributed by atoms with Crippen LogP contribution in [0.3, 0.4) is 0 Å². The summed E-state index contributed by atoms with van der Waals surface area (Å²) < 4.78 is 5.28. The Bertz CT molecular complexity index is 572. The van der Waals surface area contributed by atoms with Crippen LogP contribution in [-0.2, 0) is 6.42 Å². The Morgan fingerprint density at radius 2 is 2.16 bits per heavy atom. The van der Waals surface area contributed by atoms with Gasteiger partial charge in [0.1, 0.15) is 5.75 Å². The molecular formula is C15H16ClNO2. The molecular weight excluding hydrogens is 262 g/mol. The number of aliphatic hydroxyl groups is 1. The Balaban J connectivity index is 2.26. The fraction of sp³-hybridized carbons (Fsp3) is 0.267. The van der Waals surface area contributed by atoms with Crippen molar-refractivity contribution >= 4 is 11.6 Å². The molecule has 0 aliphatic carbocycles. The molecule has 0 fully saturated rings. The number of halogens is 1. The zero-order valence-electron chi connectivity index (χ0n) is 10.9. The van der Waals surface area contributed by atoms with Crippen LogP contribution in [0.1, 0.15) is 22.9 Å². The predicted molar refractivity (Wildman–Crippen MR) is 75.6 cm³/mol. The summed E-state index contributed by atoms with van der Waals surface area (Å²) >= 11 is 5.98.